The summed E-state index contributed by atoms with van der Waals surface area (Å²) >= 11 is 3.34. The monoisotopic (exact) mass is 398 g/mol. The third-order valence-corrected chi connectivity index (χ3v) is 3.68. The fourth-order valence-electron chi connectivity index (χ4n) is 1.79. The van der Waals surface area contributed by atoms with Crippen LogP contribution in [0.2, 0.25) is 0 Å². The van der Waals surface area contributed by atoms with Crippen molar-refractivity contribution < 1.29 is 23.5 Å². The van der Waals surface area contributed by atoms with Crippen LogP contribution in [0.5, 0.6) is 5.75 Å². The smallest absolute Gasteiger partial charge is 0.488 e. The highest BCUT2D eigenvalue weighted by Crippen LogP contribution is 2.25. The lowest BCUT2D eigenvalue weighted by atomic mass is 10.2. The number of nitrogens with one attached hydrogen (secondary N) is 1. The number of halogens is 1. The third kappa shape index (κ3) is 5.73. The minimum atomic E-state index is -2.75. The molecule has 0 aromatic heterocycles. The average molecular weight is 399 g/mol. The number of carbonyl (C=O) groups excluding carboxylic acids is 1. The molecular weight excluding hydrogens is 385 g/mol. The number of carbonyl (C=O) groups is 1. The maximum absolute atomic E-state index is 12.1. The Hall–Kier alpha value is -1.79. The van der Waals surface area contributed by atoms with Gasteiger partial charge in [-0.1, -0.05) is 50.8 Å². The van der Waals surface area contributed by atoms with Gasteiger partial charge in [0.05, 0.1) is 5.56 Å². The van der Waals surface area contributed by atoms with Crippen LogP contribution in [-0.2, 0) is 15.7 Å². The summed E-state index contributed by atoms with van der Waals surface area (Å²) in [4.78, 5) is 20.6. The molecule has 0 radical (unpaired) electrons. The van der Waals surface area contributed by atoms with Gasteiger partial charge in [-0.2, -0.15) is 0 Å². The van der Waals surface area contributed by atoms with Crippen molar-refractivity contribution in [2.24, 2.45) is 0 Å². The highest BCUT2D eigenvalue weighted by molar-refractivity contribution is 9.10. The van der Waals surface area contributed by atoms with Crippen LogP contribution in [0.4, 0.5) is 0 Å². The first-order valence-corrected chi connectivity index (χ1v) is 8.52. The third-order valence-electron chi connectivity index (χ3n) is 2.83. The van der Waals surface area contributed by atoms with E-state index in [1.165, 1.54) is 0 Å². The zero-order valence-electron chi connectivity index (χ0n) is 11.9. The van der Waals surface area contributed by atoms with Gasteiger partial charge in [-0.15, -0.1) is 4.89 Å². The molecular formula is C15H14BrNO5P+. The molecule has 0 spiro atoms. The van der Waals surface area contributed by atoms with Crippen LogP contribution in [0, 0.1) is 0 Å². The van der Waals surface area contributed by atoms with Crippen LogP contribution in [-0.4, -0.2) is 17.5 Å². The minimum absolute atomic E-state index is 0.306. The number of amides is 1. The molecule has 0 saturated heterocycles. The van der Waals surface area contributed by atoms with Crippen molar-refractivity contribution >= 4 is 30.1 Å². The first-order valence-electron chi connectivity index (χ1n) is 6.60. The van der Waals surface area contributed by atoms with Crippen LogP contribution in [0.15, 0.2) is 53.0 Å². The Morgan fingerprint density at radius 2 is 1.96 bits per heavy atom. The molecule has 2 aromatic carbocycles. The second-order valence-electron chi connectivity index (χ2n) is 4.43. The van der Waals surface area contributed by atoms with Crippen molar-refractivity contribution in [3.05, 3.63) is 64.1 Å². The molecule has 2 rings (SSSR count). The summed E-state index contributed by atoms with van der Waals surface area (Å²) in [6, 6.07) is 14.5. The van der Waals surface area contributed by atoms with Crippen molar-refractivity contribution in [2.45, 2.75) is 6.61 Å². The van der Waals surface area contributed by atoms with E-state index in [1.54, 1.807) is 18.2 Å². The summed E-state index contributed by atoms with van der Waals surface area (Å²) in [5.41, 5.74) is 1.28. The van der Waals surface area contributed by atoms with Gasteiger partial charge >= 0.3 is 8.25 Å². The molecule has 120 valence electrons. The van der Waals surface area contributed by atoms with E-state index < -0.39 is 14.2 Å². The molecule has 0 fully saturated rings. The second kappa shape index (κ2) is 8.74. The van der Waals surface area contributed by atoms with Gasteiger partial charge in [-0.25, -0.2) is 0 Å². The molecule has 6 nitrogen and oxygen atoms in total. The highest BCUT2D eigenvalue weighted by Gasteiger charge is 2.16. The van der Waals surface area contributed by atoms with Crippen LogP contribution < -0.4 is 10.1 Å². The molecule has 1 atom stereocenters. The Morgan fingerprint density at radius 1 is 1.22 bits per heavy atom. The molecule has 23 heavy (non-hydrogen) atoms. The van der Waals surface area contributed by atoms with Gasteiger partial charge in [0, 0.05) is 9.04 Å². The van der Waals surface area contributed by atoms with E-state index in [1.807, 2.05) is 30.3 Å². The van der Waals surface area contributed by atoms with Gasteiger partial charge < -0.3 is 10.1 Å². The van der Waals surface area contributed by atoms with Crippen molar-refractivity contribution in [1.29, 1.82) is 0 Å². The maximum atomic E-state index is 12.1. The summed E-state index contributed by atoms with van der Waals surface area (Å²) in [5, 5.41) is 2.39. The molecule has 0 aliphatic carbocycles. The minimum Gasteiger partial charge on any atom is -0.488 e. The molecule has 0 aliphatic rings. The largest absolute Gasteiger partial charge is 0.696 e. The fourth-order valence-corrected chi connectivity index (χ4v) is 2.30. The van der Waals surface area contributed by atoms with E-state index in [2.05, 4.69) is 25.8 Å². The van der Waals surface area contributed by atoms with E-state index in [4.69, 9.17) is 9.63 Å². The standard InChI is InChI=1S/C15H13BrNO5P/c16-12-6-7-13(15(18)17-10-22-23(19)20)14(8-12)21-9-11-4-2-1-3-5-11/h1-8H,9-10H2,(H-,17,18,19,20)/p+1. The first-order chi connectivity index (χ1) is 11.1. The molecule has 8 heteroatoms. The lowest BCUT2D eigenvalue weighted by molar-refractivity contribution is 0.0914. The van der Waals surface area contributed by atoms with Crippen LogP contribution >= 0.6 is 24.2 Å². The molecule has 1 amide bonds. The maximum Gasteiger partial charge on any atom is 0.696 e. The van der Waals surface area contributed by atoms with E-state index >= 15 is 0 Å². The molecule has 0 heterocycles. The molecule has 0 bridgehead atoms. The number of benzene rings is 2. The van der Waals surface area contributed by atoms with Gasteiger partial charge in [-0.3, -0.25) is 4.79 Å². The lowest BCUT2D eigenvalue weighted by Crippen LogP contribution is -2.25. The Morgan fingerprint density at radius 3 is 2.65 bits per heavy atom. The predicted molar refractivity (Wildman–Crippen MR) is 88.2 cm³/mol. The van der Waals surface area contributed by atoms with Gasteiger partial charge in [0.1, 0.15) is 12.4 Å². The number of rotatable bonds is 7. The van der Waals surface area contributed by atoms with Crippen LogP contribution in [0.3, 0.4) is 0 Å². The summed E-state index contributed by atoms with van der Waals surface area (Å²) < 4.78 is 21.3. The van der Waals surface area contributed by atoms with E-state index in [0.717, 1.165) is 10.0 Å². The van der Waals surface area contributed by atoms with Gasteiger partial charge in [0.15, 0.2) is 6.73 Å². The normalized spacial score (nSPS) is 11.0. The molecule has 2 aromatic rings. The molecule has 2 N–H and O–H groups in total. The SMILES string of the molecule is O=C(NCO[P+](=O)O)c1ccc(Br)cc1OCc1ccccc1. The van der Waals surface area contributed by atoms with E-state index in [0.29, 0.717) is 17.9 Å². The molecule has 0 saturated carbocycles. The Kier molecular flexibility index (Phi) is 6.67. The summed E-state index contributed by atoms with van der Waals surface area (Å²) in [7, 11) is -2.75. The summed E-state index contributed by atoms with van der Waals surface area (Å²) in [5.74, 6) is -0.0634. The Balaban J connectivity index is 2.07. The average Bonchev–Trinajstić information content (AvgIpc) is 2.53. The number of ether oxygens (including phenoxy) is 1. The summed E-state index contributed by atoms with van der Waals surface area (Å²) in [6.45, 7) is -0.0463. The van der Waals surface area contributed by atoms with Gasteiger partial charge in [0.2, 0.25) is 0 Å². The van der Waals surface area contributed by atoms with Crippen molar-refractivity contribution in [1.82, 2.24) is 5.32 Å². The molecule has 1 unspecified atom stereocenters. The Labute approximate surface area is 142 Å². The zero-order valence-corrected chi connectivity index (χ0v) is 14.4. The van der Waals surface area contributed by atoms with Gasteiger partial charge in [-0.05, 0) is 23.8 Å². The zero-order chi connectivity index (χ0) is 16.7. The first kappa shape index (κ1) is 17.6. The topological polar surface area (TPSA) is 84.9 Å². The van der Waals surface area contributed by atoms with Crippen molar-refractivity contribution in [2.75, 3.05) is 6.73 Å². The predicted octanol–water partition coefficient (Wildman–Crippen LogP) is 3.38. The van der Waals surface area contributed by atoms with Crippen LogP contribution in [0.25, 0.3) is 0 Å². The second-order valence-corrected chi connectivity index (χ2v) is 6.08. The molecule has 0 aliphatic heterocycles. The van der Waals surface area contributed by atoms with Crippen molar-refractivity contribution in [3.8, 4) is 5.75 Å². The highest BCUT2D eigenvalue weighted by atomic mass is 79.9. The van der Waals surface area contributed by atoms with Crippen LogP contribution in [0.1, 0.15) is 15.9 Å². The Bertz CT molecular complexity index is 696. The number of hydrogen-bond acceptors (Lipinski definition) is 4. The summed E-state index contributed by atoms with van der Waals surface area (Å²) in [6.07, 6.45) is 0. The van der Waals surface area contributed by atoms with Gasteiger partial charge in [0.25, 0.3) is 5.91 Å². The lowest BCUT2D eigenvalue weighted by Gasteiger charge is -2.11. The van der Waals surface area contributed by atoms with Crippen molar-refractivity contribution in [3.63, 3.8) is 0 Å². The van der Waals surface area contributed by atoms with E-state index in [-0.39, 0.29) is 6.73 Å². The van der Waals surface area contributed by atoms with E-state index in [9.17, 15) is 9.36 Å². The fraction of sp³-hybridized carbons (Fsp3) is 0.133. The number of hydrogen-bond donors (Lipinski definition) is 2. The quantitative estimate of drug-likeness (QED) is 0.551.